The molecule has 1 heterocycles. The van der Waals surface area contributed by atoms with Gasteiger partial charge in [-0.05, 0) is 68.3 Å². The third kappa shape index (κ3) is 4.45. The molecule has 0 bridgehead atoms. The number of hydrogen-bond donors (Lipinski definition) is 1. The zero-order valence-electron chi connectivity index (χ0n) is 14.6. The van der Waals surface area contributed by atoms with E-state index in [-0.39, 0.29) is 5.91 Å². The van der Waals surface area contributed by atoms with E-state index in [0.29, 0.717) is 21.8 Å². The minimum absolute atomic E-state index is 0.150. The molecule has 26 heavy (non-hydrogen) atoms. The maximum atomic E-state index is 12.3. The second-order valence-corrected chi connectivity index (χ2v) is 7.66. The Morgan fingerprint density at radius 2 is 1.85 bits per heavy atom. The van der Waals surface area contributed by atoms with Gasteiger partial charge < -0.3 is 9.73 Å². The zero-order chi connectivity index (χ0) is 18.7. The van der Waals surface area contributed by atoms with Crippen LogP contribution in [0.2, 0.25) is 5.02 Å². The number of benzene rings is 2. The minimum atomic E-state index is -0.390. The smallest absolute Gasteiger partial charge is 0.277 e. The van der Waals surface area contributed by atoms with E-state index < -0.39 is 5.25 Å². The van der Waals surface area contributed by atoms with E-state index in [4.69, 9.17) is 16.0 Å². The van der Waals surface area contributed by atoms with E-state index in [2.05, 4.69) is 22.4 Å². The van der Waals surface area contributed by atoms with E-state index in [1.807, 2.05) is 25.1 Å². The summed E-state index contributed by atoms with van der Waals surface area (Å²) >= 11 is 7.06. The topological polar surface area (TPSA) is 68.0 Å². The lowest BCUT2D eigenvalue weighted by atomic mass is 10.1. The van der Waals surface area contributed by atoms with E-state index in [9.17, 15) is 4.79 Å². The van der Waals surface area contributed by atoms with Gasteiger partial charge in [-0.3, -0.25) is 4.79 Å². The number of aryl methyl sites for hydroxylation is 2. The first-order valence-corrected chi connectivity index (χ1v) is 9.32. The molecule has 0 aliphatic heterocycles. The van der Waals surface area contributed by atoms with Crippen LogP contribution in [0.4, 0.5) is 5.69 Å². The van der Waals surface area contributed by atoms with Gasteiger partial charge in [0.15, 0.2) is 0 Å². The molecule has 3 aromatic rings. The summed E-state index contributed by atoms with van der Waals surface area (Å²) < 4.78 is 5.69. The van der Waals surface area contributed by atoms with Gasteiger partial charge in [-0.25, -0.2) is 0 Å². The van der Waals surface area contributed by atoms with Gasteiger partial charge in [0.05, 0.1) is 5.25 Å². The first-order chi connectivity index (χ1) is 12.4. The van der Waals surface area contributed by atoms with Gasteiger partial charge in [-0.15, -0.1) is 10.2 Å². The van der Waals surface area contributed by atoms with Crippen LogP contribution in [-0.2, 0) is 4.79 Å². The van der Waals surface area contributed by atoms with Crippen molar-refractivity contribution in [2.24, 2.45) is 0 Å². The Balaban J connectivity index is 1.65. The Bertz CT molecular complexity index is 925. The number of halogens is 1. The lowest BCUT2D eigenvalue weighted by Crippen LogP contribution is -2.22. The summed E-state index contributed by atoms with van der Waals surface area (Å²) in [4.78, 5) is 12.3. The third-order valence-electron chi connectivity index (χ3n) is 3.92. The molecule has 1 amide bonds. The van der Waals surface area contributed by atoms with Crippen molar-refractivity contribution in [3.8, 4) is 11.5 Å². The number of thioether (sulfide) groups is 1. The molecule has 7 heteroatoms. The van der Waals surface area contributed by atoms with Crippen molar-refractivity contribution in [2.45, 2.75) is 31.2 Å². The number of carbonyl (C=O) groups is 1. The standard InChI is InChI=1S/C19H18ClN3O2S/c1-11-4-5-14(10-12(11)2)18-22-23-19(25-18)26-13(3)17(24)21-16-8-6-15(20)7-9-16/h4-10,13H,1-3H3,(H,21,24)/t13-/m1/s1. The molecule has 1 N–H and O–H groups in total. The van der Waals surface area contributed by atoms with Gasteiger partial charge in [0.1, 0.15) is 0 Å². The Kier molecular flexibility index (Phi) is 5.64. The molecule has 0 saturated carbocycles. The highest BCUT2D eigenvalue weighted by atomic mass is 35.5. The van der Waals surface area contributed by atoms with Crippen LogP contribution in [0.3, 0.4) is 0 Å². The van der Waals surface area contributed by atoms with Crippen LogP contribution in [-0.4, -0.2) is 21.4 Å². The summed E-state index contributed by atoms with van der Waals surface area (Å²) in [5.74, 6) is 0.296. The summed E-state index contributed by atoms with van der Waals surface area (Å²) in [7, 11) is 0. The van der Waals surface area contributed by atoms with Crippen molar-refractivity contribution in [3.05, 3.63) is 58.6 Å². The molecule has 0 saturated heterocycles. The highest BCUT2D eigenvalue weighted by Gasteiger charge is 2.19. The maximum absolute atomic E-state index is 12.3. The zero-order valence-corrected chi connectivity index (χ0v) is 16.2. The molecule has 134 valence electrons. The lowest BCUT2D eigenvalue weighted by Gasteiger charge is -2.09. The molecule has 0 spiro atoms. The summed E-state index contributed by atoms with van der Waals surface area (Å²) in [6.07, 6.45) is 0. The Hall–Kier alpha value is -2.31. The summed E-state index contributed by atoms with van der Waals surface area (Å²) in [6.45, 7) is 5.87. The number of amides is 1. The molecular weight excluding hydrogens is 370 g/mol. The lowest BCUT2D eigenvalue weighted by molar-refractivity contribution is -0.115. The largest absolute Gasteiger partial charge is 0.411 e. The molecule has 3 rings (SSSR count). The van der Waals surface area contributed by atoms with Gasteiger partial charge in [-0.2, -0.15) is 0 Å². The summed E-state index contributed by atoms with van der Waals surface area (Å²) in [5.41, 5.74) is 3.92. The van der Waals surface area contributed by atoms with E-state index in [1.54, 1.807) is 31.2 Å². The molecule has 0 unspecified atom stereocenters. The Morgan fingerprint density at radius 3 is 2.54 bits per heavy atom. The molecule has 0 aliphatic rings. The summed E-state index contributed by atoms with van der Waals surface area (Å²) in [5, 5.41) is 11.5. The van der Waals surface area contributed by atoms with Crippen molar-refractivity contribution in [2.75, 3.05) is 5.32 Å². The molecule has 2 aromatic carbocycles. The number of anilines is 1. The SMILES string of the molecule is Cc1ccc(-c2nnc(S[C@H](C)C(=O)Nc3ccc(Cl)cc3)o2)cc1C. The molecule has 1 aromatic heterocycles. The van der Waals surface area contributed by atoms with Crippen LogP contribution < -0.4 is 5.32 Å². The van der Waals surface area contributed by atoms with Crippen LogP contribution in [0.15, 0.2) is 52.1 Å². The number of aromatic nitrogens is 2. The van der Waals surface area contributed by atoms with Crippen molar-refractivity contribution < 1.29 is 9.21 Å². The number of hydrogen-bond acceptors (Lipinski definition) is 5. The average molecular weight is 388 g/mol. The predicted octanol–water partition coefficient (Wildman–Crippen LogP) is 5.13. The molecule has 5 nitrogen and oxygen atoms in total. The highest BCUT2D eigenvalue weighted by molar-refractivity contribution is 8.00. The second kappa shape index (κ2) is 7.93. The quantitative estimate of drug-likeness (QED) is 0.615. The fraction of sp³-hybridized carbons (Fsp3) is 0.211. The van der Waals surface area contributed by atoms with Crippen LogP contribution >= 0.6 is 23.4 Å². The van der Waals surface area contributed by atoms with Crippen LogP contribution in [0.5, 0.6) is 0 Å². The van der Waals surface area contributed by atoms with Crippen molar-refractivity contribution in [1.82, 2.24) is 10.2 Å². The normalized spacial score (nSPS) is 12.0. The molecule has 0 fully saturated rings. The number of nitrogens with one attached hydrogen (secondary N) is 1. The Labute approximate surface area is 161 Å². The fourth-order valence-corrected chi connectivity index (χ4v) is 3.04. The molecular formula is C19H18ClN3O2S. The monoisotopic (exact) mass is 387 g/mol. The van der Waals surface area contributed by atoms with Crippen molar-refractivity contribution >= 4 is 35.0 Å². The van der Waals surface area contributed by atoms with Crippen LogP contribution in [0.25, 0.3) is 11.5 Å². The average Bonchev–Trinajstić information content (AvgIpc) is 3.07. The maximum Gasteiger partial charge on any atom is 0.277 e. The van der Waals surface area contributed by atoms with E-state index in [1.165, 1.54) is 17.3 Å². The van der Waals surface area contributed by atoms with Gasteiger partial charge in [0.25, 0.3) is 5.22 Å². The van der Waals surface area contributed by atoms with Crippen LogP contribution in [0, 0.1) is 13.8 Å². The summed E-state index contributed by atoms with van der Waals surface area (Å²) in [6, 6.07) is 12.9. The minimum Gasteiger partial charge on any atom is -0.411 e. The van der Waals surface area contributed by atoms with Gasteiger partial charge >= 0.3 is 0 Å². The third-order valence-corrected chi connectivity index (χ3v) is 5.11. The predicted molar refractivity (Wildman–Crippen MR) is 105 cm³/mol. The van der Waals surface area contributed by atoms with Gasteiger partial charge in [-0.1, -0.05) is 29.4 Å². The second-order valence-electron chi connectivity index (χ2n) is 5.93. The molecule has 0 radical (unpaired) electrons. The van der Waals surface area contributed by atoms with Crippen molar-refractivity contribution in [3.63, 3.8) is 0 Å². The van der Waals surface area contributed by atoms with Crippen molar-refractivity contribution in [1.29, 1.82) is 0 Å². The highest BCUT2D eigenvalue weighted by Crippen LogP contribution is 2.27. The van der Waals surface area contributed by atoms with E-state index >= 15 is 0 Å². The van der Waals surface area contributed by atoms with E-state index in [0.717, 1.165) is 11.1 Å². The van der Waals surface area contributed by atoms with Gasteiger partial charge in [0.2, 0.25) is 11.8 Å². The number of rotatable bonds is 5. The van der Waals surface area contributed by atoms with Gasteiger partial charge in [0, 0.05) is 16.3 Å². The Morgan fingerprint density at radius 1 is 1.12 bits per heavy atom. The number of carbonyl (C=O) groups excluding carboxylic acids is 1. The number of nitrogens with zero attached hydrogens (tertiary/aromatic N) is 2. The first-order valence-electron chi connectivity index (χ1n) is 8.06. The fourth-order valence-electron chi connectivity index (χ4n) is 2.23. The first kappa shape index (κ1) is 18.5. The van der Waals surface area contributed by atoms with Crippen LogP contribution in [0.1, 0.15) is 18.1 Å². The molecule has 0 aliphatic carbocycles. The molecule has 1 atom stereocenters.